The standard InChI is InChI=1S/C21H30N4O3/c1-4-11-24-19(26)16-9-7-8-10-18(16)25(21(24)28)17(5-2)20(27)23-14-12-22(6-3)13-15-23/h7-10,17H,4-6,11-15H2,1-3H3/t17-/m1/s1. The molecule has 1 aliphatic rings. The summed E-state index contributed by atoms with van der Waals surface area (Å²) in [6.45, 7) is 10.3. The molecule has 1 fully saturated rings. The molecular formula is C21H30N4O3. The minimum atomic E-state index is -0.603. The Morgan fingerprint density at radius 2 is 1.71 bits per heavy atom. The van der Waals surface area contributed by atoms with Gasteiger partial charge in [0, 0.05) is 32.7 Å². The van der Waals surface area contributed by atoms with E-state index >= 15 is 0 Å². The number of rotatable bonds is 6. The van der Waals surface area contributed by atoms with Gasteiger partial charge in [-0.15, -0.1) is 0 Å². The molecule has 0 bridgehead atoms. The number of aromatic nitrogens is 2. The third kappa shape index (κ3) is 3.63. The van der Waals surface area contributed by atoms with E-state index in [0.717, 1.165) is 19.6 Å². The van der Waals surface area contributed by atoms with Gasteiger partial charge in [0.15, 0.2) is 0 Å². The van der Waals surface area contributed by atoms with Gasteiger partial charge in [0.1, 0.15) is 6.04 Å². The van der Waals surface area contributed by atoms with Crippen molar-refractivity contribution in [2.75, 3.05) is 32.7 Å². The van der Waals surface area contributed by atoms with E-state index in [2.05, 4.69) is 11.8 Å². The van der Waals surface area contributed by atoms with Crippen LogP contribution >= 0.6 is 0 Å². The summed E-state index contributed by atoms with van der Waals surface area (Å²) in [5.41, 5.74) is -0.132. The number of hydrogen-bond donors (Lipinski definition) is 0. The van der Waals surface area contributed by atoms with Crippen molar-refractivity contribution in [3.63, 3.8) is 0 Å². The van der Waals surface area contributed by atoms with Gasteiger partial charge in [-0.05, 0) is 31.5 Å². The molecule has 0 N–H and O–H groups in total. The molecule has 1 amide bonds. The number of nitrogens with zero attached hydrogens (tertiary/aromatic N) is 4. The van der Waals surface area contributed by atoms with Crippen LogP contribution in [-0.2, 0) is 11.3 Å². The van der Waals surface area contributed by atoms with Crippen molar-refractivity contribution >= 4 is 16.8 Å². The van der Waals surface area contributed by atoms with Crippen molar-refractivity contribution < 1.29 is 4.79 Å². The van der Waals surface area contributed by atoms with Crippen molar-refractivity contribution in [3.8, 4) is 0 Å². The molecule has 7 heteroatoms. The summed E-state index contributed by atoms with van der Waals surface area (Å²) < 4.78 is 2.81. The van der Waals surface area contributed by atoms with Crippen molar-refractivity contribution in [1.29, 1.82) is 0 Å². The van der Waals surface area contributed by atoms with E-state index in [1.54, 1.807) is 28.8 Å². The molecular weight excluding hydrogens is 356 g/mol. The fraction of sp³-hybridized carbons (Fsp3) is 0.571. The smallest absolute Gasteiger partial charge is 0.332 e. The topological polar surface area (TPSA) is 67.6 Å². The predicted molar refractivity (Wildman–Crippen MR) is 111 cm³/mol. The first-order valence-electron chi connectivity index (χ1n) is 10.3. The third-order valence-corrected chi connectivity index (χ3v) is 5.64. The van der Waals surface area contributed by atoms with E-state index in [0.29, 0.717) is 43.4 Å². The third-order valence-electron chi connectivity index (χ3n) is 5.64. The van der Waals surface area contributed by atoms with Gasteiger partial charge in [-0.1, -0.05) is 32.9 Å². The van der Waals surface area contributed by atoms with E-state index in [-0.39, 0.29) is 11.5 Å². The van der Waals surface area contributed by atoms with Gasteiger partial charge >= 0.3 is 5.69 Å². The number of carbonyl (C=O) groups excluding carboxylic acids is 1. The Morgan fingerprint density at radius 1 is 1.04 bits per heavy atom. The molecule has 0 saturated carbocycles. The molecule has 7 nitrogen and oxygen atoms in total. The molecule has 0 spiro atoms. The van der Waals surface area contributed by atoms with Gasteiger partial charge in [0.2, 0.25) is 5.91 Å². The van der Waals surface area contributed by atoms with Crippen LogP contribution in [0.25, 0.3) is 10.9 Å². The van der Waals surface area contributed by atoms with Crippen LogP contribution in [0, 0.1) is 0 Å². The molecule has 1 aromatic heterocycles. The van der Waals surface area contributed by atoms with Gasteiger partial charge in [0.05, 0.1) is 10.9 Å². The highest BCUT2D eigenvalue weighted by atomic mass is 16.2. The largest absolute Gasteiger partial charge is 0.338 e. The average Bonchev–Trinajstić information content (AvgIpc) is 2.73. The Morgan fingerprint density at radius 3 is 2.32 bits per heavy atom. The minimum absolute atomic E-state index is 0.0350. The van der Waals surface area contributed by atoms with Crippen molar-refractivity contribution in [2.24, 2.45) is 0 Å². The first-order valence-corrected chi connectivity index (χ1v) is 10.3. The highest BCUT2D eigenvalue weighted by Crippen LogP contribution is 2.19. The summed E-state index contributed by atoms with van der Waals surface area (Å²) in [6, 6.07) is 6.49. The molecule has 2 aromatic rings. The van der Waals surface area contributed by atoms with Crippen molar-refractivity contribution in [3.05, 3.63) is 45.1 Å². The maximum Gasteiger partial charge on any atom is 0.332 e. The lowest BCUT2D eigenvalue weighted by atomic mass is 10.1. The van der Waals surface area contributed by atoms with E-state index in [4.69, 9.17) is 0 Å². The molecule has 0 aliphatic carbocycles. The number of carbonyl (C=O) groups is 1. The Bertz CT molecular complexity index is 954. The molecule has 1 saturated heterocycles. The maximum atomic E-state index is 13.3. The zero-order valence-corrected chi connectivity index (χ0v) is 17.1. The second kappa shape index (κ2) is 8.73. The van der Waals surface area contributed by atoms with Crippen LogP contribution in [0.2, 0.25) is 0 Å². The SMILES string of the molecule is CCCn1c(=O)c2ccccc2n([C@H](CC)C(=O)N2CCN(CC)CC2)c1=O. The lowest BCUT2D eigenvalue weighted by Gasteiger charge is -2.36. The average molecular weight is 386 g/mol. The quantitative estimate of drug-likeness (QED) is 0.758. The summed E-state index contributed by atoms with van der Waals surface area (Å²) in [5, 5.41) is 0.484. The molecule has 1 atom stereocenters. The lowest BCUT2D eigenvalue weighted by Crippen LogP contribution is -2.52. The maximum absolute atomic E-state index is 13.3. The van der Waals surface area contributed by atoms with Gasteiger partial charge in [0.25, 0.3) is 5.56 Å². The van der Waals surface area contributed by atoms with Gasteiger partial charge in [-0.2, -0.15) is 0 Å². The number of likely N-dealkylation sites (N-methyl/N-ethyl adjacent to an activating group) is 1. The predicted octanol–water partition coefficient (Wildman–Crippen LogP) is 1.69. The lowest BCUT2D eigenvalue weighted by molar-refractivity contribution is -0.136. The van der Waals surface area contributed by atoms with Gasteiger partial charge < -0.3 is 9.80 Å². The Kier molecular flexibility index (Phi) is 6.34. The first kappa shape index (κ1) is 20.3. The van der Waals surface area contributed by atoms with Gasteiger partial charge in [-0.3, -0.25) is 18.7 Å². The molecule has 0 radical (unpaired) electrons. The number of piperazine rings is 1. The fourth-order valence-corrected chi connectivity index (χ4v) is 4.01. The number of hydrogen-bond acceptors (Lipinski definition) is 4. The van der Waals surface area contributed by atoms with E-state index in [9.17, 15) is 14.4 Å². The number of benzene rings is 1. The van der Waals surface area contributed by atoms with Crippen LogP contribution in [0.15, 0.2) is 33.9 Å². The van der Waals surface area contributed by atoms with Crippen LogP contribution < -0.4 is 11.2 Å². The number of fused-ring (bicyclic) bond motifs is 1. The summed E-state index contributed by atoms with van der Waals surface area (Å²) in [5.74, 6) is -0.0350. The molecule has 1 aliphatic heterocycles. The van der Waals surface area contributed by atoms with E-state index in [1.807, 2.05) is 18.7 Å². The van der Waals surface area contributed by atoms with Crippen molar-refractivity contribution in [1.82, 2.24) is 18.9 Å². The molecule has 1 aromatic carbocycles. The van der Waals surface area contributed by atoms with E-state index in [1.165, 1.54) is 4.57 Å². The highest BCUT2D eigenvalue weighted by molar-refractivity contribution is 5.84. The van der Waals surface area contributed by atoms with Gasteiger partial charge in [-0.25, -0.2) is 4.79 Å². The second-order valence-corrected chi connectivity index (χ2v) is 7.31. The Hall–Kier alpha value is -2.41. The summed E-state index contributed by atoms with van der Waals surface area (Å²) in [6.07, 6.45) is 1.18. The summed E-state index contributed by atoms with van der Waals surface area (Å²) in [4.78, 5) is 43.5. The minimum Gasteiger partial charge on any atom is -0.338 e. The summed E-state index contributed by atoms with van der Waals surface area (Å²) >= 11 is 0. The van der Waals surface area contributed by atoms with Crippen LogP contribution in [-0.4, -0.2) is 57.6 Å². The zero-order chi connectivity index (χ0) is 20.3. The zero-order valence-electron chi connectivity index (χ0n) is 17.1. The number of para-hydroxylation sites is 1. The van der Waals surface area contributed by atoms with Crippen LogP contribution in [0.3, 0.4) is 0 Å². The monoisotopic (exact) mass is 386 g/mol. The molecule has 3 rings (SSSR count). The second-order valence-electron chi connectivity index (χ2n) is 7.31. The van der Waals surface area contributed by atoms with Crippen LogP contribution in [0.4, 0.5) is 0 Å². The van der Waals surface area contributed by atoms with Crippen LogP contribution in [0.5, 0.6) is 0 Å². The number of amides is 1. The molecule has 2 heterocycles. The Labute approximate surface area is 165 Å². The van der Waals surface area contributed by atoms with E-state index < -0.39 is 11.7 Å². The fourth-order valence-electron chi connectivity index (χ4n) is 4.01. The normalized spacial score (nSPS) is 16.5. The van der Waals surface area contributed by atoms with Crippen molar-refractivity contribution in [2.45, 2.75) is 46.2 Å². The first-order chi connectivity index (χ1) is 13.5. The molecule has 28 heavy (non-hydrogen) atoms. The van der Waals surface area contributed by atoms with Crippen LogP contribution in [0.1, 0.15) is 39.7 Å². The molecule has 0 unspecified atom stereocenters. The summed E-state index contributed by atoms with van der Waals surface area (Å²) in [7, 11) is 0. The Balaban J connectivity index is 2.08. The highest BCUT2D eigenvalue weighted by Gasteiger charge is 2.30. The molecule has 152 valence electrons.